The van der Waals surface area contributed by atoms with Crippen LogP contribution in [0, 0.1) is 5.92 Å². The lowest BCUT2D eigenvalue weighted by Crippen LogP contribution is -2.21. The zero-order chi connectivity index (χ0) is 13.0. The maximum atomic E-state index is 8.89. The number of rotatable bonds is 7. The molecule has 1 aliphatic carbocycles. The van der Waals surface area contributed by atoms with E-state index in [4.69, 9.17) is 5.11 Å². The van der Waals surface area contributed by atoms with Gasteiger partial charge in [0.2, 0.25) is 0 Å². The minimum Gasteiger partial charge on any atom is -0.395 e. The molecule has 1 unspecified atom stereocenters. The summed E-state index contributed by atoms with van der Waals surface area (Å²) < 4.78 is 0. The second-order valence-corrected chi connectivity index (χ2v) is 5.27. The van der Waals surface area contributed by atoms with Crippen molar-refractivity contribution in [3.8, 4) is 0 Å². The highest BCUT2D eigenvalue weighted by Gasteiger charge is 2.23. The summed E-state index contributed by atoms with van der Waals surface area (Å²) in [5.41, 5.74) is 1.03. The number of nitrogens with one attached hydrogen (secondary N) is 1. The number of aliphatic hydroxyl groups excluding tert-OH is 1. The molecule has 1 atom stereocenters. The summed E-state index contributed by atoms with van der Waals surface area (Å²) in [5, 5.41) is 12.3. The molecular formula is C14H23N3O. The Hall–Kier alpha value is -1.29. The Labute approximate surface area is 109 Å². The summed E-state index contributed by atoms with van der Waals surface area (Å²) in [7, 11) is 1.95. The van der Waals surface area contributed by atoms with Crippen molar-refractivity contribution in [2.45, 2.75) is 32.2 Å². The molecule has 4 heteroatoms. The van der Waals surface area contributed by atoms with E-state index >= 15 is 0 Å². The van der Waals surface area contributed by atoms with Crippen LogP contribution in [0.5, 0.6) is 0 Å². The van der Waals surface area contributed by atoms with E-state index in [1.807, 2.05) is 30.3 Å². The first kappa shape index (κ1) is 13.1. The minimum absolute atomic E-state index is 0.162. The Morgan fingerprint density at radius 2 is 2.28 bits per heavy atom. The van der Waals surface area contributed by atoms with Gasteiger partial charge in [-0.1, -0.05) is 12.8 Å². The monoisotopic (exact) mass is 249 g/mol. The second-order valence-electron chi connectivity index (χ2n) is 5.27. The molecule has 18 heavy (non-hydrogen) atoms. The van der Waals surface area contributed by atoms with Gasteiger partial charge in [0.1, 0.15) is 5.82 Å². The van der Waals surface area contributed by atoms with Crippen LogP contribution in [-0.2, 0) is 0 Å². The minimum atomic E-state index is 0.162. The number of anilines is 2. The molecule has 2 N–H and O–H groups in total. The van der Waals surface area contributed by atoms with Crippen LogP contribution in [0.3, 0.4) is 0 Å². The average Bonchev–Trinajstić information content (AvgIpc) is 3.14. The number of aromatic nitrogens is 1. The van der Waals surface area contributed by atoms with Gasteiger partial charge in [-0.05, 0) is 31.4 Å². The molecule has 100 valence electrons. The van der Waals surface area contributed by atoms with Gasteiger partial charge in [0.05, 0.1) is 18.5 Å². The predicted octanol–water partition coefficient (Wildman–Crippen LogP) is 2.11. The van der Waals surface area contributed by atoms with Crippen LogP contribution in [0.4, 0.5) is 11.5 Å². The van der Waals surface area contributed by atoms with Crippen molar-refractivity contribution in [3.63, 3.8) is 0 Å². The molecule has 0 amide bonds. The van der Waals surface area contributed by atoms with E-state index in [1.54, 1.807) is 0 Å². The number of likely N-dealkylation sites (N-methyl/N-ethyl adjacent to an activating group) is 1. The first-order valence-electron chi connectivity index (χ1n) is 6.73. The first-order chi connectivity index (χ1) is 8.69. The van der Waals surface area contributed by atoms with E-state index in [1.165, 1.54) is 19.3 Å². The summed E-state index contributed by atoms with van der Waals surface area (Å²) in [6, 6.07) is 4.53. The van der Waals surface area contributed by atoms with Crippen LogP contribution < -0.4 is 10.2 Å². The molecule has 1 saturated carbocycles. The van der Waals surface area contributed by atoms with Gasteiger partial charge >= 0.3 is 0 Å². The van der Waals surface area contributed by atoms with Gasteiger partial charge in [0, 0.05) is 19.6 Å². The number of hydrogen-bond donors (Lipinski definition) is 2. The van der Waals surface area contributed by atoms with Gasteiger partial charge in [-0.25, -0.2) is 4.98 Å². The van der Waals surface area contributed by atoms with Crippen molar-refractivity contribution in [2.75, 3.05) is 30.4 Å². The van der Waals surface area contributed by atoms with E-state index < -0.39 is 0 Å². The van der Waals surface area contributed by atoms with Crippen LogP contribution in [0.2, 0.25) is 0 Å². The standard InChI is InChI=1S/C14H23N3O/c1-11(9-12-3-4-12)16-14-6-5-13(10-15-14)17(2)7-8-18/h5-6,10-12,18H,3-4,7-9H2,1-2H3,(H,15,16). The molecule has 4 nitrogen and oxygen atoms in total. The van der Waals surface area contributed by atoms with Gasteiger partial charge in [-0.3, -0.25) is 0 Å². The molecule has 0 aromatic carbocycles. The summed E-state index contributed by atoms with van der Waals surface area (Å²) in [4.78, 5) is 6.41. The van der Waals surface area contributed by atoms with Gasteiger partial charge in [0.25, 0.3) is 0 Å². The van der Waals surface area contributed by atoms with Crippen molar-refractivity contribution >= 4 is 11.5 Å². The normalized spacial score (nSPS) is 16.4. The Morgan fingerprint density at radius 1 is 1.50 bits per heavy atom. The molecule has 0 spiro atoms. The van der Waals surface area contributed by atoms with Crippen LogP contribution in [0.1, 0.15) is 26.2 Å². The molecule has 0 saturated heterocycles. The lowest BCUT2D eigenvalue weighted by atomic mass is 10.1. The van der Waals surface area contributed by atoms with Crippen LogP contribution in [0.15, 0.2) is 18.3 Å². The second kappa shape index (κ2) is 6.05. The fourth-order valence-electron chi connectivity index (χ4n) is 2.14. The molecule has 1 aromatic rings. The number of pyridine rings is 1. The van der Waals surface area contributed by atoms with E-state index in [0.29, 0.717) is 12.6 Å². The molecular weight excluding hydrogens is 226 g/mol. The molecule has 1 heterocycles. The summed E-state index contributed by atoms with van der Waals surface area (Å²) >= 11 is 0. The van der Waals surface area contributed by atoms with Gasteiger partial charge < -0.3 is 15.3 Å². The highest BCUT2D eigenvalue weighted by atomic mass is 16.3. The number of nitrogens with zero attached hydrogens (tertiary/aromatic N) is 2. The van der Waals surface area contributed by atoms with Crippen molar-refractivity contribution in [1.29, 1.82) is 0 Å². The highest BCUT2D eigenvalue weighted by molar-refractivity contribution is 5.49. The fourth-order valence-corrected chi connectivity index (χ4v) is 2.14. The molecule has 0 aliphatic heterocycles. The van der Waals surface area contributed by atoms with Crippen molar-refractivity contribution < 1.29 is 5.11 Å². The van der Waals surface area contributed by atoms with Gasteiger partial charge in [0.15, 0.2) is 0 Å². The van der Waals surface area contributed by atoms with Crippen LogP contribution in [0.25, 0.3) is 0 Å². The van der Waals surface area contributed by atoms with Crippen molar-refractivity contribution in [2.24, 2.45) is 5.92 Å². The summed E-state index contributed by atoms with van der Waals surface area (Å²) in [5.74, 6) is 1.87. The molecule has 1 fully saturated rings. The Balaban J connectivity index is 1.86. The maximum Gasteiger partial charge on any atom is 0.126 e. The van der Waals surface area contributed by atoms with E-state index in [2.05, 4.69) is 17.2 Å². The van der Waals surface area contributed by atoms with E-state index in [0.717, 1.165) is 17.4 Å². The van der Waals surface area contributed by atoms with E-state index in [-0.39, 0.29) is 6.61 Å². The lowest BCUT2D eigenvalue weighted by molar-refractivity contribution is 0.304. The van der Waals surface area contributed by atoms with Crippen molar-refractivity contribution in [3.05, 3.63) is 18.3 Å². The summed E-state index contributed by atoms with van der Waals surface area (Å²) in [6.45, 7) is 3.01. The zero-order valence-electron chi connectivity index (χ0n) is 11.3. The maximum absolute atomic E-state index is 8.89. The largest absolute Gasteiger partial charge is 0.395 e. The number of hydrogen-bond acceptors (Lipinski definition) is 4. The quantitative estimate of drug-likeness (QED) is 0.777. The smallest absolute Gasteiger partial charge is 0.126 e. The Kier molecular flexibility index (Phi) is 4.42. The molecule has 1 aliphatic rings. The Bertz CT molecular complexity index is 362. The third-order valence-corrected chi connectivity index (χ3v) is 3.40. The van der Waals surface area contributed by atoms with Gasteiger partial charge in [-0.2, -0.15) is 0 Å². The first-order valence-corrected chi connectivity index (χ1v) is 6.73. The fraction of sp³-hybridized carbons (Fsp3) is 0.643. The zero-order valence-corrected chi connectivity index (χ0v) is 11.3. The average molecular weight is 249 g/mol. The number of aliphatic hydroxyl groups is 1. The van der Waals surface area contributed by atoms with E-state index in [9.17, 15) is 0 Å². The highest BCUT2D eigenvalue weighted by Crippen LogP contribution is 2.33. The van der Waals surface area contributed by atoms with Gasteiger partial charge in [-0.15, -0.1) is 0 Å². The predicted molar refractivity (Wildman–Crippen MR) is 75.0 cm³/mol. The third kappa shape index (κ3) is 3.88. The molecule has 0 bridgehead atoms. The Morgan fingerprint density at radius 3 is 2.83 bits per heavy atom. The van der Waals surface area contributed by atoms with Crippen LogP contribution in [-0.4, -0.2) is 36.3 Å². The molecule has 2 rings (SSSR count). The topological polar surface area (TPSA) is 48.4 Å². The van der Waals surface area contributed by atoms with Crippen LogP contribution >= 0.6 is 0 Å². The summed E-state index contributed by atoms with van der Waals surface area (Å²) in [6.07, 6.45) is 5.88. The van der Waals surface area contributed by atoms with Crippen molar-refractivity contribution in [1.82, 2.24) is 4.98 Å². The SMILES string of the molecule is CC(CC1CC1)Nc1ccc(N(C)CCO)cn1. The lowest BCUT2D eigenvalue weighted by Gasteiger charge is -2.18. The third-order valence-electron chi connectivity index (χ3n) is 3.40. The molecule has 0 radical (unpaired) electrons. The molecule has 1 aromatic heterocycles.